The Morgan fingerprint density at radius 2 is 2.10 bits per heavy atom. The molecular weight excluding hydrogens is 251 g/mol. The van der Waals surface area contributed by atoms with Gasteiger partial charge in [0, 0.05) is 24.8 Å². The predicted molar refractivity (Wildman–Crippen MR) is 83.5 cm³/mol. The molecule has 1 fully saturated rings. The zero-order valence-electron chi connectivity index (χ0n) is 13.1. The van der Waals surface area contributed by atoms with E-state index < -0.39 is 0 Å². The van der Waals surface area contributed by atoms with E-state index in [0.29, 0.717) is 17.9 Å². The van der Waals surface area contributed by atoms with Gasteiger partial charge in [0.25, 0.3) is 0 Å². The maximum atomic E-state index is 13.5. The molecule has 1 aliphatic heterocycles. The van der Waals surface area contributed by atoms with E-state index >= 15 is 0 Å². The summed E-state index contributed by atoms with van der Waals surface area (Å²) in [4.78, 5) is 2.43. The lowest BCUT2D eigenvalue weighted by atomic mass is 10.1. The van der Waals surface area contributed by atoms with E-state index in [2.05, 4.69) is 37.9 Å². The highest BCUT2D eigenvalue weighted by molar-refractivity contribution is 5.55. The molecule has 2 nitrogen and oxygen atoms in total. The molecule has 0 aliphatic carbocycles. The minimum Gasteiger partial charge on any atom is -0.368 e. The highest BCUT2D eigenvalue weighted by Gasteiger charge is 2.27. The molecule has 112 valence electrons. The molecule has 2 atom stereocenters. The number of nitrogens with one attached hydrogen (secondary N) is 1. The summed E-state index contributed by atoms with van der Waals surface area (Å²) in [5.74, 6) is 1.18. The number of benzene rings is 1. The van der Waals surface area contributed by atoms with Crippen LogP contribution < -0.4 is 10.2 Å². The zero-order chi connectivity index (χ0) is 14.7. The second-order valence-corrected chi connectivity index (χ2v) is 6.64. The van der Waals surface area contributed by atoms with Crippen LogP contribution in [0.5, 0.6) is 0 Å². The van der Waals surface area contributed by atoms with Gasteiger partial charge in [0.15, 0.2) is 0 Å². The normalized spacial score (nSPS) is 22.8. The quantitative estimate of drug-likeness (QED) is 0.881. The van der Waals surface area contributed by atoms with Gasteiger partial charge in [-0.3, -0.25) is 0 Å². The molecule has 2 rings (SSSR count). The highest BCUT2D eigenvalue weighted by atomic mass is 19.1. The van der Waals surface area contributed by atoms with E-state index in [-0.39, 0.29) is 5.82 Å². The number of anilines is 1. The van der Waals surface area contributed by atoms with Crippen LogP contribution in [0.2, 0.25) is 0 Å². The van der Waals surface area contributed by atoms with Crippen LogP contribution >= 0.6 is 0 Å². The first-order valence-corrected chi connectivity index (χ1v) is 7.73. The maximum Gasteiger partial charge on any atom is 0.123 e. The van der Waals surface area contributed by atoms with Crippen LogP contribution in [0.4, 0.5) is 10.1 Å². The van der Waals surface area contributed by atoms with Gasteiger partial charge in [0.1, 0.15) is 5.82 Å². The molecule has 20 heavy (non-hydrogen) atoms. The molecule has 0 saturated carbocycles. The minimum atomic E-state index is -0.144. The third kappa shape index (κ3) is 3.72. The highest BCUT2D eigenvalue weighted by Crippen LogP contribution is 2.31. The summed E-state index contributed by atoms with van der Waals surface area (Å²) in [5.41, 5.74) is 2.27. The number of nitrogens with zero attached hydrogens (tertiary/aromatic N) is 1. The van der Waals surface area contributed by atoms with Crippen LogP contribution in [0.15, 0.2) is 18.2 Å². The summed E-state index contributed by atoms with van der Waals surface area (Å²) >= 11 is 0. The molecule has 1 saturated heterocycles. The van der Waals surface area contributed by atoms with Gasteiger partial charge >= 0.3 is 0 Å². The topological polar surface area (TPSA) is 15.3 Å². The molecule has 1 aromatic carbocycles. The number of rotatable bonds is 5. The monoisotopic (exact) mass is 278 g/mol. The molecular formula is C17H27FN2. The van der Waals surface area contributed by atoms with Crippen LogP contribution in [0.25, 0.3) is 0 Å². The summed E-state index contributed by atoms with van der Waals surface area (Å²) in [6, 6.07) is 5.74. The second-order valence-electron chi connectivity index (χ2n) is 6.64. The maximum absolute atomic E-state index is 13.5. The Labute approximate surface area is 122 Å². The summed E-state index contributed by atoms with van der Waals surface area (Å²) in [6.45, 7) is 11.7. The molecule has 0 bridgehead atoms. The van der Waals surface area contributed by atoms with E-state index in [0.717, 1.165) is 25.2 Å². The summed E-state index contributed by atoms with van der Waals surface area (Å²) in [6.07, 6.45) is 1.22. The molecule has 0 amide bonds. The Balaban J connectivity index is 2.15. The molecule has 2 unspecified atom stereocenters. The first kappa shape index (κ1) is 15.3. The van der Waals surface area contributed by atoms with Crippen LogP contribution in [0, 0.1) is 17.7 Å². The van der Waals surface area contributed by atoms with Gasteiger partial charge in [-0.1, -0.05) is 20.8 Å². The van der Waals surface area contributed by atoms with Gasteiger partial charge in [-0.15, -0.1) is 0 Å². The Hall–Kier alpha value is -1.09. The van der Waals surface area contributed by atoms with E-state index in [1.165, 1.54) is 12.1 Å². The van der Waals surface area contributed by atoms with Gasteiger partial charge < -0.3 is 10.2 Å². The van der Waals surface area contributed by atoms with Crippen molar-refractivity contribution in [1.29, 1.82) is 0 Å². The fraction of sp³-hybridized carbons (Fsp3) is 0.647. The first-order chi connectivity index (χ1) is 9.47. The smallest absolute Gasteiger partial charge is 0.123 e. The van der Waals surface area contributed by atoms with E-state index in [9.17, 15) is 4.39 Å². The predicted octanol–water partition coefficient (Wildman–Crippen LogP) is 3.81. The average Bonchev–Trinajstić information content (AvgIpc) is 2.68. The molecule has 1 heterocycles. The van der Waals surface area contributed by atoms with Crippen molar-refractivity contribution in [2.45, 2.75) is 46.7 Å². The molecule has 0 radical (unpaired) electrons. The van der Waals surface area contributed by atoms with E-state index in [1.807, 2.05) is 6.07 Å². The summed E-state index contributed by atoms with van der Waals surface area (Å²) in [7, 11) is 0. The Bertz CT molecular complexity index is 445. The minimum absolute atomic E-state index is 0.144. The van der Waals surface area contributed by atoms with Gasteiger partial charge in [-0.25, -0.2) is 4.39 Å². The van der Waals surface area contributed by atoms with E-state index in [4.69, 9.17) is 0 Å². The number of hydrogen-bond donors (Lipinski definition) is 1. The molecule has 3 heteroatoms. The van der Waals surface area contributed by atoms with Gasteiger partial charge in [-0.05, 0) is 55.5 Å². The number of halogens is 1. The lowest BCUT2D eigenvalue weighted by molar-refractivity contribution is 0.549. The van der Waals surface area contributed by atoms with Crippen molar-refractivity contribution < 1.29 is 4.39 Å². The molecule has 1 N–H and O–H groups in total. The molecule has 1 aromatic rings. The van der Waals surface area contributed by atoms with Crippen LogP contribution in [0.3, 0.4) is 0 Å². The van der Waals surface area contributed by atoms with Crippen LogP contribution in [-0.2, 0) is 6.54 Å². The average molecular weight is 278 g/mol. The van der Waals surface area contributed by atoms with Crippen molar-refractivity contribution in [2.24, 2.45) is 11.8 Å². The summed E-state index contributed by atoms with van der Waals surface area (Å²) in [5, 5.41) is 3.42. The molecule has 0 spiro atoms. The zero-order valence-corrected chi connectivity index (χ0v) is 13.1. The number of hydrogen-bond acceptors (Lipinski definition) is 2. The van der Waals surface area contributed by atoms with Crippen molar-refractivity contribution in [3.05, 3.63) is 29.6 Å². The lowest BCUT2D eigenvalue weighted by Gasteiger charge is -2.27. The van der Waals surface area contributed by atoms with E-state index in [1.54, 1.807) is 12.1 Å². The van der Waals surface area contributed by atoms with Gasteiger partial charge in [0.05, 0.1) is 0 Å². The fourth-order valence-electron chi connectivity index (χ4n) is 3.11. The lowest BCUT2D eigenvalue weighted by Crippen LogP contribution is -2.29. The largest absolute Gasteiger partial charge is 0.368 e. The Kier molecular flexibility index (Phi) is 5.03. The van der Waals surface area contributed by atoms with Crippen molar-refractivity contribution in [2.75, 3.05) is 18.0 Å². The molecule has 1 aliphatic rings. The second kappa shape index (κ2) is 6.57. The SMILES string of the molecule is CC(C)CNCc1cc(F)ccc1N1CC(C)CC1C. The van der Waals surface area contributed by atoms with Crippen LogP contribution in [-0.4, -0.2) is 19.1 Å². The third-order valence-corrected chi connectivity index (χ3v) is 4.00. The van der Waals surface area contributed by atoms with Crippen molar-refractivity contribution in [3.63, 3.8) is 0 Å². The van der Waals surface area contributed by atoms with Crippen LogP contribution in [0.1, 0.15) is 39.7 Å². The summed E-state index contributed by atoms with van der Waals surface area (Å²) < 4.78 is 13.5. The third-order valence-electron chi connectivity index (χ3n) is 4.00. The molecule has 0 aromatic heterocycles. The van der Waals surface area contributed by atoms with Crippen molar-refractivity contribution in [1.82, 2.24) is 5.32 Å². The standard InChI is InChI=1S/C17H27FN2/c1-12(2)9-19-10-15-8-16(18)5-6-17(15)20-11-13(3)7-14(20)4/h5-6,8,12-14,19H,7,9-11H2,1-4H3. The van der Waals surface area contributed by atoms with Gasteiger partial charge in [0.2, 0.25) is 0 Å². The fourth-order valence-corrected chi connectivity index (χ4v) is 3.11. The van der Waals surface area contributed by atoms with Crippen molar-refractivity contribution >= 4 is 5.69 Å². The first-order valence-electron chi connectivity index (χ1n) is 7.73. The van der Waals surface area contributed by atoms with Crippen molar-refractivity contribution in [3.8, 4) is 0 Å². The van der Waals surface area contributed by atoms with Gasteiger partial charge in [-0.2, -0.15) is 0 Å². The Morgan fingerprint density at radius 1 is 1.35 bits per heavy atom. The Morgan fingerprint density at radius 3 is 2.70 bits per heavy atom.